The Hall–Kier alpha value is -1.98. The van der Waals surface area contributed by atoms with E-state index in [-0.39, 0.29) is 47.2 Å². The number of esters is 1. The third-order valence-corrected chi connectivity index (χ3v) is 10.1. The van der Waals surface area contributed by atoms with Gasteiger partial charge in [-0.1, -0.05) is 19.4 Å². The average molecular weight is 397 g/mol. The lowest BCUT2D eigenvalue weighted by Crippen LogP contribution is -2.68. The zero-order valence-corrected chi connectivity index (χ0v) is 17.2. The predicted octanol–water partition coefficient (Wildman–Crippen LogP) is 1.92. The van der Waals surface area contributed by atoms with Gasteiger partial charge in [-0.3, -0.25) is 19.2 Å². The lowest BCUT2D eigenvalue weighted by molar-refractivity contribution is -0.185. The van der Waals surface area contributed by atoms with Crippen LogP contribution in [0.2, 0.25) is 0 Å². The summed E-state index contributed by atoms with van der Waals surface area (Å²) in [6.07, 6.45) is 4.48. The number of rotatable bonds is 1. The second kappa shape index (κ2) is 5.01. The molecule has 6 nitrogen and oxygen atoms in total. The summed E-state index contributed by atoms with van der Waals surface area (Å²) in [6.45, 7) is 4.60. The second-order valence-electron chi connectivity index (χ2n) is 10.5. The van der Waals surface area contributed by atoms with Crippen LogP contribution in [-0.4, -0.2) is 48.0 Å². The maximum Gasteiger partial charge on any atom is 0.322 e. The van der Waals surface area contributed by atoms with Crippen LogP contribution >= 0.6 is 0 Å². The number of allylic oxidation sites excluding steroid dienone is 2. The van der Waals surface area contributed by atoms with Crippen LogP contribution < -0.4 is 0 Å². The minimum atomic E-state index is -1.33. The zero-order chi connectivity index (χ0) is 20.5. The standard InChI is InChI=1S/C23H27NO5/c1-11-10-24-16-9-14(11)18(26)22-7-5-13-15(25)8-12(17(13)22)4-6-23(19(24)27,20(28)29-3)21(16,22)2/h8,11,13-14,16-17H,4-7,9-10H2,1-3H3/t11-,13+,14-,16-,17-,21-,22+,23-/m1/s1. The van der Waals surface area contributed by atoms with Crippen LogP contribution in [0.4, 0.5) is 0 Å². The lowest BCUT2D eigenvalue weighted by Gasteiger charge is -2.61. The van der Waals surface area contributed by atoms with E-state index in [9.17, 15) is 19.2 Å². The van der Waals surface area contributed by atoms with Gasteiger partial charge in [0.15, 0.2) is 11.2 Å². The number of carbonyl (C=O) groups excluding carboxylic acids is 4. The molecule has 0 unspecified atom stereocenters. The fourth-order valence-corrected chi connectivity index (χ4v) is 8.99. The van der Waals surface area contributed by atoms with E-state index in [0.29, 0.717) is 38.6 Å². The Kier molecular flexibility index (Phi) is 3.08. The minimum absolute atomic E-state index is 0.0700. The summed E-state index contributed by atoms with van der Waals surface area (Å²) in [6, 6.07) is -0.137. The smallest absolute Gasteiger partial charge is 0.322 e. The van der Waals surface area contributed by atoms with Gasteiger partial charge in [0.25, 0.3) is 0 Å². The maximum absolute atomic E-state index is 14.3. The molecule has 2 saturated heterocycles. The third-order valence-electron chi connectivity index (χ3n) is 10.1. The highest BCUT2D eigenvalue weighted by Crippen LogP contribution is 2.77. The average Bonchev–Trinajstić information content (AvgIpc) is 3.28. The molecule has 4 aliphatic carbocycles. The monoisotopic (exact) mass is 397 g/mol. The summed E-state index contributed by atoms with van der Waals surface area (Å²) in [5.74, 6) is -0.644. The summed E-state index contributed by atoms with van der Waals surface area (Å²) < 4.78 is 5.28. The molecule has 154 valence electrons. The summed E-state index contributed by atoms with van der Waals surface area (Å²) >= 11 is 0. The third kappa shape index (κ3) is 1.50. The summed E-state index contributed by atoms with van der Waals surface area (Å²) in [5.41, 5.74) is -2.00. The molecule has 8 atom stereocenters. The molecule has 0 aromatic rings. The molecule has 1 spiro atoms. The van der Waals surface area contributed by atoms with Gasteiger partial charge in [-0.25, -0.2) is 0 Å². The van der Waals surface area contributed by atoms with Gasteiger partial charge in [-0.05, 0) is 44.1 Å². The molecule has 5 fully saturated rings. The Balaban J connectivity index is 1.72. The Morgan fingerprint density at radius 1 is 1.21 bits per heavy atom. The van der Waals surface area contributed by atoms with Crippen molar-refractivity contribution in [3.8, 4) is 0 Å². The number of methoxy groups -OCH3 is 1. The number of ketones is 2. The zero-order valence-electron chi connectivity index (χ0n) is 17.2. The summed E-state index contributed by atoms with van der Waals surface area (Å²) in [4.78, 5) is 56.3. The van der Waals surface area contributed by atoms with Crippen LogP contribution in [-0.2, 0) is 23.9 Å². The van der Waals surface area contributed by atoms with Crippen LogP contribution in [0.25, 0.3) is 0 Å². The molecule has 6 aliphatic rings. The van der Waals surface area contributed by atoms with Gasteiger partial charge >= 0.3 is 5.97 Å². The normalized spacial score (nSPS) is 51.7. The summed E-state index contributed by atoms with van der Waals surface area (Å²) in [5, 5.41) is 0. The van der Waals surface area contributed by atoms with E-state index in [2.05, 4.69) is 6.92 Å². The molecule has 6 rings (SSSR count). The topological polar surface area (TPSA) is 80.8 Å². The van der Waals surface area contributed by atoms with E-state index in [0.717, 1.165) is 5.57 Å². The number of hydrogen-bond acceptors (Lipinski definition) is 5. The van der Waals surface area contributed by atoms with Gasteiger partial charge in [0.05, 0.1) is 7.11 Å². The molecule has 0 aromatic heterocycles. The van der Waals surface area contributed by atoms with Crippen molar-refractivity contribution in [3.05, 3.63) is 11.6 Å². The van der Waals surface area contributed by atoms with Gasteiger partial charge in [0, 0.05) is 41.2 Å². The molecule has 0 aromatic carbocycles. The van der Waals surface area contributed by atoms with E-state index in [1.165, 1.54) is 7.11 Å². The molecule has 3 saturated carbocycles. The van der Waals surface area contributed by atoms with Crippen molar-refractivity contribution in [1.29, 1.82) is 0 Å². The molecule has 29 heavy (non-hydrogen) atoms. The Morgan fingerprint density at radius 3 is 2.69 bits per heavy atom. The Bertz CT molecular complexity index is 938. The number of fused-ring (bicyclic) bond motifs is 1. The Labute approximate surface area is 170 Å². The Morgan fingerprint density at radius 2 is 1.97 bits per heavy atom. The molecule has 6 heteroatoms. The van der Waals surface area contributed by atoms with Crippen molar-refractivity contribution in [2.24, 2.45) is 39.9 Å². The largest absolute Gasteiger partial charge is 0.468 e. The molecule has 1 amide bonds. The number of Topliss-reactive ketones (excluding diaryl/α,β-unsaturated/α-hetero) is 1. The number of hydrogen-bond donors (Lipinski definition) is 0. The first-order chi connectivity index (χ1) is 13.8. The van der Waals surface area contributed by atoms with Crippen LogP contribution in [0.15, 0.2) is 11.6 Å². The molecule has 2 bridgehead atoms. The highest BCUT2D eigenvalue weighted by atomic mass is 16.5. The van der Waals surface area contributed by atoms with Gasteiger partial charge < -0.3 is 9.64 Å². The van der Waals surface area contributed by atoms with Gasteiger partial charge in [0.1, 0.15) is 5.78 Å². The summed E-state index contributed by atoms with van der Waals surface area (Å²) in [7, 11) is 1.35. The van der Waals surface area contributed by atoms with E-state index in [4.69, 9.17) is 4.74 Å². The number of amides is 1. The van der Waals surface area contributed by atoms with Gasteiger partial charge in [-0.2, -0.15) is 0 Å². The van der Waals surface area contributed by atoms with Crippen molar-refractivity contribution >= 4 is 23.4 Å². The van der Waals surface area contributed by atoms with Crippen molar-refractivity contribution in [1.82, 2.24) is 4.90 Å². The predicted molar refractivity (Wildman–Crippen MR) is 101 cm³/mol. The van der Waals surface area contributed by atoms with Crippen LogP contribution in [0.1, 0.15) is 46.0 Å². The molecular weight excluding hydrogens is 370 g/mol. The van der Waals surface area contributed by atoms with Crippen molar-refractivity contribution in [2.75, 3.05) is 13.7 Å². The lowest BCUT2D eigenvalue weighted by atomic mass is 9.41. The fourth-order valence-electron chi connectivity index (χ4n) is 8.99. The minimum Gasteiger partial charge on any atom is -0.468 e. The first-order valence-electron chi connectivity index (χ1n) is 10.9. The first kappa shape index (κ1) is 17.8. The molecule has 0 radical (unpaired) electrons. The van der Waals surface area contributed by atoms with Gasteiger partial charge in [-0.15, -0.1) is 0 Å². The molecule has 0 N–H and O–H groups in total. The maximum atomic E-state index is 14.3. The van der Waals surface area contributed by atoms with E-state index in [1.807, 2.05) is 11.8 Å². The number of carbonyl (C=O) groups is 4. The van der Waals surface area contributed by atoms with E-state index < -0.39 is 22.2 Å². The highest BCUT2D eigenvalue weighted by molar-refractivity contribution is 6.10. The molecule has 2 heterocycles. The van der Waals surface area contributed by atoms with Gasteiger partial charge in [0.2, 0.25) is 5.91 Å². The van der Waals surface area contributed by atoms with Crippen LogP contribution in [0, 0.1) is 39.9 Å². The first-order valence-corrected chi connectivity index (χ1v) is 10.9. The quantitative estimate of drug-likeness (QED) is 0.499. The molecular formula is C23H27NO5. The van der Waals surface area contributed by atoms with E-state index in [1.54, 1.807) is 6.08 Å². The number of ether oxygens (including phenoxy) is 1. The van der Waals surface area contributed by atoms with Crippen LogP contribution in [0.3, 0.4) is 0 Å². The van der Waals surface area contributed by atoms with Crippen molar-refractivity contribution < 1.29 is 23.9 Å². The number of nitrogens with zero attached hydrogens (tertiary/aromatic N) is 1. The SMILES string of the molecule is COC(=O)[C@@]12CCC3=CC(=O)[C@@H]4CC[C@@]5(C(=O)[C@@H]6C[C@@H](N(C[C@H]6C)C1=O)[C@@]25C)[C@H]34. The molecule has 2 aliphatic heterocycles. The van der Waals surface area contributed by atoms with Crippen molar-refractivity contribution in [2.45, 2.75) is 52.0 Å². The van der Waals surface area contributed by atoms with Crippen LogP contribution in [0.5, 0.6) is 0 Å². The number of piperidine rings is 1. The second-order valence-corrected chi connectivity index (χ2v) is 10.5. The van der Waals surface area contributed by atoms with Crippen molar-refractivity contribution in [3.63, 3.8) is 0 Å². The van der Waals surface area contributed by atoms with E-state index >= 15 is 0 Å². The fraction of sp³-hybridized carbons (Fsp3) is 0.739. The highest BCUT2D eigenvalue weighted by Gasteiger charge is 2.85.